The highest BCUT2D eigenvalue weighted by Crippen LogP contribution is 2.39. The second-order valence-corrected chi connectivity index (χ2v) is 8.06. The molecule has 0 fully saturated rings. The van der Waals surface area contributed by atoms with Gasteiger partial charge in [-0.05, 0) is 36.8 Å². The van der Waals surface area contributed by atoms with E-state index >= 15 is 0 Å². The first kappa shape index (κ1) is 21.9. The fraction of sp³-hybridized carbons (Fsp3) is 0.0769. The van der Waals surface area contributed by atoms with E-state index in [2.05, 4.69) is 5.10 Å². The number of hydrogen-bond acceptors (Lipinski definition) is 6. The molecule has 3 aromatic carbocycles. The molecule has 0 bridgehead atoms. The minimum absolute atomic E-state index is 0.159. The molecule has 0 spiro atoms. The van der Waals surface area contributed by atoms with Crippen LogP contribution in [0.1, 0.15) is 28.3 Å². The van der Waals surface area contributed by atoms with E-state index in [0.717, 1.165) is 0 Å². The number of hydrogen-bond donors (Lipinski definition) is 2. The molecule has 2 heterocycles. The minimum atomic E-state index is -1.13. The molecular formula is C26H19N3O6. The number of para-hydroxylation sites is 2. The highest BCUT2D eigenvalue weighted by atomic mass is 16.6. The number of nitrogens with one attached hydrogen (secondary N) is 1. The fourth-order valence-electron chi connectivity index (χ4n) is 4.36. The van der Waals surface area contributed by atoms with Gasteiger partial charge in [-0.25, -0.2) is 9.48 Å². The van der Waals surface area contributed by atoms with E-state index in [1.165, 1.54) is 22.9 Å². The molecule has 1 atom stereocenters. The quantitative estimate of drug-likeness (QED) is 0.223. The molecule has 5 rings (SSSR count). The molecule has 174 valence electrons. The number of aryl methyl sites for hydroxylation is 1. The molecule has 0 amide bonds. The third-order valence-electron chi connectivity index (χ3n) is 5.94. The molecule has 0 saturated carbocycles. The zero-order valence-corrected chi connectivity index (χ0v) is 18.5. The second kappa shape index (κ2) is 8.45. The van der Waals surface area contributed by atoms with Gasteiger partial charge in [0, 0.05) is 17.8 Å². The number of nitro groups is 1. The predicted molar refractivity (Wildman–Crippen MR) is 129 cm³/mol. The van der Waals surface area contributed by atoms with E-state index in [1.807, 2.05) is 6.07 Å². The summed E-state index contributed by atoms with van der Waals surface area (Å²) in [6.07, 6.45) is 0. The van der Waals surface area contributed by atoms with Gasteiger partial charge in [-0.3, -0.25) is 20.0 Å². The maximum absolute atomic E-state index is 13.7. The van der Waals surface area contributed by atoms with E-state index in [1.54, 1.807) is 61.5 Å². The Morgan fingerprint density at radius 1 is 0.971 bits per heavy atom. The Morgan fingerprint density at radius 2 is 1.69 bits per heavy atom. The average molecular weight is 469 g/mol. The van der Waals surface area contributed by atoms with Gasteiger partial charge in [0.2, 0.25) is 0 Å². The van der Waals surface area contributed by atoms with Crippen LogP contribution in [0.2, 0.25) is 0 Å². The van der Waals surface area contributed by atoms with Crippen LogP contribution in [0.15, 0.2) is 92.9 Å². The van der Waals surface area contributed by atoms with Crippen LogP contribution in [0.4, 0.5) is 5.69 Å². The molecule has 35 heavy (non-hydrogen) atoms. The summed E-state index contributed by atoms with van der Waals surface area (Å²) in [5, 5.41) is 26.0. The van der Waals surface area contributed by atoms with E-state index in [0.29, 0.717) is 11.4 Å². The molecule has 1 unspecified atom stereocenters. The number of benzene rings is 3. The summed E-state index contributed by atoms with van der Waals surface area (Å²) in [4.78, 5) is 37.8. The van der Waals surface area contributed by atoms with Gasteiger partial charge in [0.25, 0.3) is 11.2 Å². The van der Waals surface area contributed by atoms with E-state index < -0.39 is 22.0 Å². The number of aromatic nitrogens is 2. The first-order valence-corrected chi connectivity index (χ1v) is 10.7. The second-order valence-electron chi connectivity index (χ2n) is 8.06. The predicted octanol–water partition coefficient (Wildman–Crippen LogP) is 4.37. The largest absolute Gasteiger partial charge is 0.507 e. The van der Waals surface area contributed by atoms with Gasteiger partial charge < -0.3 is 9.52 Å². The molecule has 9 heteroatoms. The highest BCUT2D eigenvalue weighted by Gasteiger charge is 2.32. The lowest BCUT2D eigenvalue weighted by Gasteiger charge is -2.18. The van der Waals surface area contributed by atoms with E-state index in [4.69, 9.17) is 4.42 Å². The topological polar surface area (TPSA) is 131 Å². The Kier molecular flexibility index (Phi) is 5.29. The Hall–Kier alpha value is -4.92. The average Bonchev–Trinajstić information content (AvgIpc) is 3.16. The van der Waals surface area contributed by atoms with Crippen LogP contribution in [-0.2, 0) is 0 Å². The number of non-ortho nitro benzene ring substituents is 1. The standard InChI is InChI=1S/C26H19N3O6/c1-15-21(25(31)28(27-15)17-9-3-2-4-10-17)22(16-8-7-11-18(14-16)29(33)34)23-24(30)19-12-5-6-13-20(19)35-26(23)32/h2-14,22,27,30H,1H3. The van der Waals surface area contributed by atoms with Gasteiger partial charge in [-0.15, -0.1) is 0 Å². The van der Waals surface area contributed by atoms with Crippen LogP contribution in [0.5, 0.6) is 5.75 Å². The van der Waals surface area contributed by atoms with Crippen molar-refractivity contribution < 1.29 is 14.4 Å². The molecule has 0 radical (unpaired) electrons. The van der Waals surface area contributed by atoms with Crippen molar-refractivity contribution in [3.8, 4) is 11.4 Å². The molecule has 2 aromatic heterocycles. The van der Waals surface area contributed by atoms with Crippen molar-refractivity contribution in [2.75, 3.05) is 0 Å². The van der Waals surface area contributed by atoms with Crippen LogP contribution >= 0.6 is 0 Å². The normalized spacial score (nSPS) is 12.0. The Labute approximate surface area is 197 Å². The summed E-state index contributed by atoms with van der Waals surface area (Å²) in [6.45, 7) is 1.67. The van der Waals surface area contributed by atoms with Crippen LogP contribution in [-0.4, -0.2) is 19.8 Å². The van der Waals surface area contributed by atoms with Crippen molar-refractivity contribution in [3.63, 3.8) is 0 Å². The molecule has 9 nitrogen and oxygen atoms in total. The zero-order chi connectivity index (χ0) is 24.7. The van der Waals surface area contributed by atoms with Gasteiger partial charge in [0.05, 0.1) is 33.0 Å². The van der Waals surface area contributed by atoms with Crippen LogP contribution in [0, 0.1) is 17.0 Å². The lowest BCUT2D eigenvalue weighted by atomic mass is 9.85. The third kappa shape index (κ3) is 3.68. The zero-order valence-electron chi connectivity index (χ0n) is 18.5. The third-order valence-corrected chi connectivity index (χ3v) is 5.94. The first-order chi connectivity index (χ1) is 16.9. The molecular weight excluding hydrogens is 450 g/mol. The van der Waals surface area contributed by atoms with E-state index in [-0.39, 0.29) is 39.1 Å². The van der Waals surface area contributed by atoms with Gasteiger partial charge in [-0.1, -0.05) is 42.5 Å². The number of rotatable bonds is 5. The Balaban J connectivity index is 1.85. The molecule has 0 saturated heterocycles. The number of aromatic amines is 1. The molecule has 2 N–H and O–H groups in total. The summed E-state index contributed by atoms with van der Waals surface area (Å²) >= 11 is 0. The molecule has 0 aliphatic heterocycles. The van der Waals surface area contributed by atoms with Gasteiger partial charge in [0.1, 0.15) is 11.3 Å². The summed E-state index contributed by atoms with van der Waals surface area (Å²) < 4.78 is 6.81. The van der Waals surface area contributed by atoms with Crippen LogP contribution in [0.3, 0.4) is 0 Å². The van der Waals surface area contributed by atoms with Crippen molar-refractivity contribution >= 4 is 16.7 Å². The highest BCUT2D eigenvalue weighted by molar-refractivity contribution is 5.84. The Bertz CT molecular complexity index is 1700. The lowest BCUT2D eigenvalue weighted by Crippen LogP contribution is -2.23. The summed E-state index contributed by atoms with van der Waals surface area (Å²) in [7, 11) is 0. The summed E-state index contributed by atoms with van der Waals surface area (Å²) in [5.41, 5.74) is -0.0621. The SMILES string of the molecule is Cc1[nH]n(-c2ccccc2)c(=O)c1C(c1cccc([N+](=O)[O-])c1)c1c(O)c2ccccc2oc1=O. The number of nitrogens with zero attached hydrogens (tertiary/aromatic N) is 2. The summed E-state index contributed by atoms with van der Waals surface area (Å²) in [6, 6.07) is 21.0. The first-order valence-electron chi connectivity index (χ1n) is 10.7. The number of nitro benzene ring substituents is 1. The molecule has 5 aromatic rings. The van der Waals surface area contributed by atoms with Crippen molar-refractivity contribution in [1.29, 1.82) is 0 Å². The van der Waals surface area contributed by atoms with Crippen molar-refractivity contribution in [3.05, 3.63) is 132 Å². The van der Waals surface area contributed by atoms with Crippen LogP contribution in [0.25, 0.3) is 16.7 Å². The number of fused-ring (bicyclic) bond motifs is 1. The monoisotopic (exact) mass is 469 g/mol. The minimum Gasteiger partial charge on any atom is -0.507 e. The lowest BCUT2D eigenvalue weighted by molar-refractivity contribution is -0.384. The molecule has 0 aliphatic carbocycles. The van der Waals surface area contributed by atoms with Crippen molar-refractivity contribution in [2.24, 2.45) is 0 Å². The van der Waals surface area contributed by atoms with Crippen LogP contribution < -0.4 is 11.2 Å². The number of H-pyrrole nitrogens is 1. The smallest absolute Gasteiger partial charge is 0.344 e. The van der Waals surface area contributed by atoms with Crippen molar-refractivity contribution in [2.45, 2.75) is 12.8 Å². The van der Waals surface area contributed by atoms with Gasteiger partial charge in [-0.2, -0.15) is 0 Å². The molecule has 0 aliphatic rings. The van der Waals surface area contributed by atoms with Gasteiger partial charge in [0.15, 0.2) is 0 Å². The maximum atomic E-state index is 13.7. The number of aromatic hydroxyl groups is 1. The maximum Gasteiger partial charge on any atom is 0.344 e. The Morgan fingerprint density at radius 3 is 2.43 bits per heavy atom. The fourth-order valence-corrected chi connectivity index (χ4v) is 4.36. The van der Waals surface area contributed by atoms with Gasteiger partial charge >= 0.3 is 5.63 Å². The summed E-state index contributed by atoms with van der Waals surface area (Å²) in [5.74, 6) is -1.48. The van der Waals surface area contributed by atoms with Crippen molar-refractivity contribution in [1.82, 2.24) is 9.78 Å². The van der Waals surface area contributed by atoms with E-state index in [9.17, 15) is 24.8 Å².